The van der Waals surface area contributed by atoms with E-state index < -0.39 is 0 Å². The van der Waals surface area contributed by atoms with E-state index >= 15 is 0 Å². The Hall–Kier alpha value is -2.82. The van der Waals surface area contributed by atoms with Crippen molar-refractivity contribution < 1.29 is 14.3 Å². The third-order valence-electron chi connectivity index (χ3n) is 4.41. The largest absolute Gasteiger partial charge is 0.493 e. The molecule has 0 fully saturated rings. The van der Waals surface area contributed by atoms with Crippen LogP contribution in [0.5, 0.6) is 11.5 Å². The third-order valence-corrected chi connectivity index (χ3v) is 4.41. The fraction of sp³-hybridized carbons (Fsp3) is 0.300. The van der Waals surface area contributed by atoms with E-state index in [-0.39, 0.29) is 11.9 Å². The van der Waals surface area contributed by atoms with E-state index in [1.54, 1.807) is 26.2 Å². The second-order valence-corrected chi connectivity index (χ2v) is 6.11. The number of benzene rings is 2. The van der Waals surface area contributed by atoms with Gasteiger partial charge >= 0.3 is 0 Å². The quantitative estimate of drug-likeness (QED) is 0.854. The van der Waals surface area contributed by atoms with Gasteiger partial charge < -0.3 is 9.47 Å². The van der Waals surface area contributed by atoms with Crippen LogP contribution in [0.4, 0.5) is 0 Å². The summed E-state index contributed by atoms with van der Waals surface area (Å²) in [5.74, 6) is 1.25. The van der Waals surface area contributed by atoms with Gasteiger partial charge in [0, 0.05) is 18.9 Å². The predicted octanol–water partition coefficient (Wildman–Crippen LogP) is 3.71. The number of carbonyl (C=O) groups is 1. The number of methoxy groups -OCH3 is 2. The number of hydrogen-bond donors (Lipinski definition) is 0. The SMILES string of the molecule is COc1ccc(C2=NN(C(C)=O)[C@H](c3ccc(C)cc3)C2)cc1OC. The molecule has 0 N–H and O–H groups in total. The van der Waals surface area contributed by atoms with Crippen molar-refractivity contribution in [3.8, 4) is 11.5 Å². The molecule has 1 aliphatic heterocycles. The van der Waals surface area contributed by atoms with Crippen LogP contribution in [0.25, 0.3) is 0 Å². The van der Waals surface area contributed by atoms with Gasteiger partial charge in [-0.05, 0) is 30.7 Å². The fourth-order valence-corrected chi connectivity index (χ4v) is 3.04. The summed E-state index contributed by atoms with van der Waals surface area (Å²) in [6.07, 6.45) is 0.665. The van der Waals surface area contributed by atoms with Gasteiger partial charge in [-0.15, -0.1) is 0 Å². The van der Waals surface area contributed by atoms with Gasteiger partial charge in [0.1, 0.15) is 0 Å². The van der Waals surface area contributed by atoms with Crippen LogP contribution in [-0.2, 0) is 4.79 Å². The first-order chi connectivity index (χ1) is 12.0. The summed E-state index contributed by atoms with van der Waals surface area (Å²) in [4.78, 5) is 12.1. The summed E-state index contributed by atoms with van der Waals surface area (Å²) < 4.78 is 10.7. The molecule has 2 aromatic carbocycles. The average molecular weight is 338 g/mol. The summed E-state index contributed by atoms with van der Waals surface area (Å²) in [6.45, 7) is 3.59. The van der Waals surface area contributed by atoms with E-state index in [4.69, 9.17) is 9.47 Å². The van der Waals surface area contributed by atoms with Crippen LogP contribution < -0.4 is 9.47 Å². The smallest absolute Gasteiger partial charge is 0.240 e. The second-order valence-electron chi connectivity index (χ2n) is 6.11. The molecular formula is C20H22N2O3. The zero-order chi connectivity index (χ0) is 18.0. The van der Waals surface area contributed by atoms with Crippen LogP contribution in [0.15, 0.2) is 47.6 Å². The fourth-order valence-electron chi connectivity index (χ4n) is 3.04. The molecule has 1 heterocycles. The van der Waals surface area contributed by atoms with Crippen molar-refractivity contribution in [2.24, 2.45) is 5.10 Å². The molecule has 0 saturated heterocycles. The minimum Gasteiger partial charge on any atom is -0.493 e. The Kier molecular flexibility index (Phi) is 4.74. The molecule has 0 spiro atoms. The van der Waals surface area contributed by atoms with Crippen molar-refractivity contribution in [2.45, 2.75) is 26.3 Å². The Labute approximate surface area is 147 Å². The number of ether oxygens (including phenoxy) is 2. The van der Waals surface area contributed by atoms with Gasteiger partial charge in [-0.25, -0.2) is 5.01 Å². The van der Waals surface area contributed by atoms with Gasteiger partial charge in [0.05, 0.1) is 26.0 Å². The van der Waals surface area contributed by atoms with E-state index in [1.807, 2.05) is 25.1 Å². The number of aryl methyl sites for hydroxylation is 1. The highest BCUT2D eigenvalue weighted by molar-refractivity contribution is 6.03. The zero-order valence-electron chi connectivity index (χ0n) is 14.9. The highest BCUT2D eigenvalue weighted by Crippen LogP contribution is 2.35. The first-order valence-corrected chi connectivity index (χ1v) is 8.19. The maximum Gasteiger partial charge on any atom is 0.240 e. The van der Waals surface area contributed by atoms with Gasteiger partial charge in [0.15, 0.2) is 11.5 Å². The van der Waals surface area contributed by atoms with E-state index in [9.17, 15) is 4.79 Å². The topological polar surface area (TPSA) is 51.1 Å². The van der Waals surface area contributed by atoms with Gasteiger partial charge in [-0.1, -0.05) is 29.8 Å². The molecule has 0 aromatic heterocycles. The Morgan fingerprint density at radius 3 is 2.36 bits per heavy atom. The summed E-state index contributed by atoms with van der Waals surface area (Å²) in [7, 11) is 3.21. The molecule has 0 radical (unpaired) electrons. The highest BCUT2D eigenvalue weighted by atomic mass is 16.5. The Balaban J connectivity index is 1.94. The van der Waals surface area contributed by atoms with Gasteiger partial charge in [0.2, 0.25) is 5.91 Å². The van der Waals surface area contributed by atoms with Crippen molar-refractivity contribution in [1.29, 1.82) is 0 Å². The molecule has 25 heavy (non-hydrogen) atoms. The molecule has 1 amide bonds. The molecule has 1 aliphatic rings. The van der Waals surface area contributed by atoms with Crippen LogP contribution in [0.1, 0.15) is 36.1 Å². The molecule has 130 valence electrons. The lowest BCUT2D eigenvalue weighted by molar-refractivity contribution is -0.130. The normalized spacial score (nSPS) is 16.6. The molecule has 2 aromatic rings. The molecule has 0 unspecified atom stereocenters. The van der Waals surface area contributed by atoms with Crippen molar-refractivity contribution in [1.82, 2.24) is 5.01 Å². The number of hydrogen-bond acceptors (Lipinski definition) is 4. The van der Waals surface area contributed by atoms with E-state index in [2.05, 4.69) is 29.4 Å². The molecule has 5 nitrogen and oxygen atoms in total. The molecule has 0 bridgehead atoms. The summed E-state index contributed by atoms with van der Waals surface area (Å²) in [6, 6.07) is 13.8. The van der Waals surface area contributed by atoms with Crippen molar-refractivity contribution in [2.75, 3.05) is 14.2 Å². The molecule has 1 atom stereocenters. The van der Waals surface area contributed by atoms with Crippen LogP contribution in [0.3, 0.4) is 0 Å². The highest BCUT2D eigenvalue weighted by Gasteiger charge is 2.31. The summed E-state index contributed by atoms with van der Waals surface area (Å²) in [5.41, 5.74) is 4.07. The number of nitrogens with zero attached hydrogens (tertiary/aromatic N) is 2. The minimum absolute atomic E-state index is 0.0685. The number of carbonyl (C=O) groups excluding carboxylic acids is 1. The second kappa shape index (κ2) is 6.97. The number of hydrazone groups is 1. The first kappa shape index (κ1) is 17.0. The molecule has 0 saturated carbocycles. The Bertz CT molecular complexity index is 812. The van der Waals surface area contributed by atoms with Crippen LogP contribution in [0, 0.1) is 6.92 Å². The minimum atomic E-state index is -0.0822. The van der Waals surface area contributed by atoms with E-state index in [0.717, 1.165) is 16.8 Å². The van der Waals surface area contributed by atoms with Crippen LogP contribution in [0.2, 0.25) is 0 Å². The molecule has 0 aliphatic carbocycles. The maximum atomic E-state index is 12.1. The van der Waals surface area contributed by atoms with E-state index in [1.165, 1.54) is 5.56 Å². The Morgan fingerprint density at radius 2 is 1.76 bits per heavy atom. The summed E-state index contributed by atoms with van der Waals surface area (Å²) >= 11 is 0. The number of rotatable bonds is 4. The first-order valence-electron chi connectivity index (χ1n) is 8.19. The monoisotopic (exact) mass is 338 g/mol. The van der Waals surface area contributed by atoms with Gasteiger partial charge in [-0.3, -0.25) is 4.79 Å². The predicted molar refractivity (Wildman–Crippen MR) is 97.1 cm³/mol. The van der Waals surface area contributed by atoms with Gasteiger partial charge in [-0.2, -0.15) is 5.10 Å². The maximum absolute atomic E-state index is 12.1. The lowest BCUT2D eigenvalue weighted by atomic mass is 9.97. The molecular weight excluding hydrogens is 316 g/mol. The zero-order valence-corrected chi connectivity index (χ0v) is 14.9. The molecule has 5 heteroatoms. The van der Waals surface area contributed by atoms with Crippen molar-refractivity contribution >= 4 is 11.6 Å². The van der Waals surface area contributed by atoms with Gasteiger partial charge in [0.25, 0.3) is 0 Å². The van der Waals surface area contributed by atoms with Crippen molar-refractivity contribution in [3.05, 3.63) is 59.2 Å². The standard InChI is InChI=1S/C20H22N2O3/c1-13-5-7-15(8-6-13)18-12-17(21-22(18)14(2)23)16-9-10-19(24-3)20(11-16)25-4/h5-11,18H,12H2,1-4H3/t18-/m0/s1. The Morgan fingerprint density at radius 1 is 1.08 bits per heavy atom. The summed E-state index contributed by atoms with van der Waals surface area (Å²) in [5, 5.41) is 6.14. The van der Waals surface area contributed by atoms with Crippen LogP contribution in [-0.4, -0.2) is 30.8 Å². The van der Waals surface area contributed by atoms with Crippen LogP contribution >= 0.6 is 0 Å². The number of amides is 1. The lowest BCUT2D eigenvalue weighted by Crippen LogP contribution is -2.24. The van der Waals surface area contributed by atoms with E-state index in [0.29, 0.717) is 17.9 Å². The third kappa shape index (κ3) is 3.36. The molecule has 3 rings (SSSR count). The lowest BCUT2D eigenvalue weighted by Gasteiger charge is -2.20. The average Bonchev–Trinajstić information content (AvgIpc) is 3.07. The van der Waals surface area contributed by atoms with Crippen molar-refractivity contribution in [3.63, 3.8) is 0 Å².